The summed E-state index contributed by atoms with van der Waals surface area (Å²) in [6, 6.07) is 6.13. The number of nitro groups is 1. The normalized spacial score (nSPS) is 10.4. The molecule has 0 spiro atoms. The molecule has 1 aromatic heterocycles. The molecule has 0 unspecified atom stereocenters. The lowest BCUT2D eigenvalue weighted by Gasteiger charge is -2.06. The molecule has 0 saturated heterocycles. The van der Waals surface area contributed by atoms with Crippen LogP contribution in [0.3, 0.4) is 0 Å². The number of nitrogens with zero attached hydrogens (tertiary/aromatic N) is 2. The number of pyridine rings is 1. The van der Waals surface area contributed by atoms with Gasteiger partial charge in [0, 0.05) is 17.5 Å². The van der Waals surface area contributed by atoms with E-state index in [0.29, 0.717) is 11.1 Å². The lowest BCUT2D eigenvalue weighted by Crippen LogP contribution is -2.09. The maximum atomic E-state index is 11.7. The van der Waals surface area contributed by atoms with Crippen molar-refractivity contribution in [2.45, 2.75) is 13.8 Å². The van der Waals surface area contributed by atoms with E-state index in [2.05, 4.69) is 4.98 Å². The molecule has 0 aliphatic heterocycles. The molecule has 2 aromatic rings. The van der Waals surface area contributed by atoms with Crippen LogP contribution in [-0.2, 0) is 4.74 Å². The molecular weight excluding hydrogens is 248 g/mol. The first-order valence-electron chi connectivity index (χ1n) is 5.76. The molecule has 6 heteroatoms. The highest BCUT2D eigenvalue weighted by molar-refractivity contribution is 5.93. The zero-order chi connectivity index (χ0) is 14.0. The summed E-state index contributed by atoms with van der Waals surface area (Å²) in [4.78, 5) is 26.1. The van der Waals surface area contributed by atoms with Gasteiger partial charge in [-0.25, -0.2) is 9.78 Å². The van der Waals surface area contributed by atoms with Crippen LogP contribution in [0.5, 0.6) is 0 Å². The molecule has 0 aliphatic rings. The van der Waals surface area contributed by atoms with Gasteiger partial charge in [0.15, 0.2) is 5.69 Å². The number of esters is 1. The second-order valence-corrected chi connectivity index (χ2v) is 4.01. The fraction of sp³-hybridized carbons (Fsp3) is 0.231. The van der Waals surface area contributed by atoms with Crippen LogP contribution < -0.4 is 0 Å². The molecule has 2 rings (SSSR count). The lowest BCUT2D eigenvalue weighted by molar-refractivity contribution is -0.384. The van der Waals surface area contributed by atoms with Crippen molar-refractivity contribution in [3.05, 3.63) is 45.6 Å². The van der Waals surface area contributed by atoms with Crippen LogP contribution in [0, 0.1) is 17.0 Å². The zero-order valence-corrected chi connectivity index (χ0v) is 10.5. The van der Waals surface area contributed by atoms with E-state index in [0.717, 1.165) is 5.39 Å². The summed E-state index contributed by atoms with van der Waals surface area (Å²) in [6.45, 7) is 3.71. The van der Waals surface area contributed by atoms with Crippen molar-refractivity contribution < 1.29 is 14.5 Å². The third-order valence-electron chi connectivity index (χ3n) is 2.67. The Bertz CT molecular complexity index is 667. The van der Waals surface area contributed by atoms with Gasteiger partial charge in [0.25, 0.3) is 5.69 Å². The minimum absolute atomic E-state index is 0.0568. The molecule has 1 aromatic carbocycles. The van der Waals surface area contributed by atoms with E-state index < -0.39 is 10.9 Å². The van der Waals surface area contributed by atoms with Crippen LogP contribution in [0.2, 0.25) is 0 Å². The van der Waals surface area contributed by atoms with Crippen LogP contribution in [0.1, 0.15) is 23.0 Å². The van der Waals surface area contributed by atoms with E-state index in [1.165, 1.54) is 12.1 Å². The van der Waals surface area contributed by atoms with Gasteiger partial charge in [0.05, 0.1) is 17.0 Å². The smallest absolute Gasteiger partial charge is 0.357 e. The Labute approximate surface area is 109 Å². The van der Waals surface area contributed by atoms with E-state index in [1.807, 2.05) is 0 Å². The number of fused-ring (bicyclic) bond motifs is 1. The maximum Gasteiger partial charge on any atom is 0.357 e. The van der Waals surface area contributed by atoms with Crippen LogP contribution >= 0.6 is 0 Å². The molecule has 98 valence electrons. The standard InChI is InChI=1S/C13H12N2O4/c1-3-19-13(16)12-8(2)6-9-4-5-10(15(17)18)7-11(9)14-12/h4-7H,3H2,1-2H3. The van der Waals surface area contributed by atoms with E-state index >= 15 is 0 Å². The molecule has 6 nitrogen and oxygen atoms in total. The molecule has 1 heterocycles. The lowest BCUT2D eigenvalue weighted by atomic mass is 10.1. The number of aryl methyl sites for hydroxylation is 1. The number of nitro benzene ring substituents is 1. The highest BCUT2D eigenvalue weighted by Crippen LogP contribution is 2.22. The van der Waals surface area contributed by atoms with Crippen LogP contribution in [0.25, 0.3) is 10.9 Å². The summed E-state index contributed by atoms with van der Waals surface area (Å²) in [5.74, 6) is -0.520. The van der Waals surface area contributed by atoms with Crippen molar-refractivity contribution in [2.24, 2.45) is 0 Å². The summed E-state index contributed by atoms with van der Waals surface area (Å²) in [5.41, 5.74) is 1.22. The molecule has 0 atom stereocenters. The number of ether oxygens (including phenoxy) is 1. The molecule has 19 heavy (non-hydrogen) atoms. The van der Waals surface area contributed by atoms with Crippen molar-refractivity contribution in [1.29, 1.82) is 0 Å². The number of carbonyl (C=O) groups excluding carboxylic acids is 1. The second kappa shape index (κ2) is 5.01. The molecule has 0 saturated carbocycles. The Kier molecular flexibility index (Phi) is 3.41. The van der Waals surface area contributed by atoms with Gasteiger partial charge < -0.3 is 4.74 Å². The number of rotatable bonds is 3. The summed E-state index contributed by atoms with van der Waals surface area (Å²) in [7, 11) is 0. The Balaban J connectivity index is 2.58. The largest absolute Gasteiger partial charge is 0.461 e. The van der Waals surface area contributed by atoms with Crippen molar-refractivity contribution >= 4 is 22.6 Å². The number of aromatic nitrogens is 1. The zero-order valence-electron chi connectivity index (χ0n) is 10.5. The number of benzene rings is 1. The Hall–Kier alpha value is -2.50. The van der Waals surface area contributed by atoms with Crippen molar-refractivity contribution in [2.75, 3.05) is 6.61 Å². The van der Waals surface area contributed by atoms with Crippen molar-refractivity contribution in [3.8, 4) is 0 Å². The molecule has 0 radical (unpaired) electrons. The average Bonchev–Trinajstić information content (AvgIpc) is 2.37. The SMILES string of the molecule is CCOC(=O)c1nc2cc([N+](=O)[O-])ccc2cc1C. The highest BCUT2D eigenvalue weighted by Gasteiger charge is 2.15. The third kappa shape index (κ3) is 2.52. The predicted octanol–water partition coefficient (Wildman–Crippen LogP) is 2.63. The quantitative estimate of drug-likeness (QED) is 0.481. The molecule has 0 N–H and O–H groups in total. The summed E-state index contributed by atoms with van der Waals surface area (Å²) >= 11 is 0. The average molecular weight is 260 g/mol. The number of hydrogen-bond acceptors (Lipinski definition) is 5. The Morgan fingerprint density at radius 3 is 2.79 bits per heavy atom. The van der Waals surface area contributed by atoms with Crippen molar-refractivity contribution in [3.63, 3.8) is 0 Å². The van der Waals surface area contributed by atoms with Gasteiger partial charge in [0.2, 0.25) is 0 Å². The fourth-order valence-corrected chi connectivity index (χ4v) is 1.78. The predicted molar refractivity (Wildman–Crippen MR) is 69.1 cm³/mol. The second-order valence-electron chi connectivity index (χ2n) is 4.01. The van der Waals surface area contributed by atoms with Gasteiger partial charge in [-0.2, -0.15) is 0 Å². The maximum absolute atomic E-state index is 11.7. The molecular formula is C13H12N2O4. The fourth-order valence-electron chi connectivity index (χ4n) is 1.78. The molecule has 0 bridgehead atoms. The van der Waals surface area contributed by atoms with E-state index in [-0.39, 0.29) is 18.0 Å². The van der Waals surface area contributed by atoms with E-state index in [9.17, 15) is 14.9 Å². The first-order valence-corrected chi connectivity index (χ1v) is 5.76. The molecule has 0 fully saturated rings. The summed E-state index contributed by atoms with van der Waals surface area (Å²) in [5, 5.41) is 11.5. The van der Waals surface area contributed by atoms with Gasteiger partial charge in [0.1, 0.15) is 0 Å². The van der Waals surface area contributed by atoms with E-state index in [4.69, 9.17) is 4.74 Å². The van der Waals surface area contributed by atoms with Gasteiger partial charge >= 0.3 is 5.97 Å². The van der Waals surface area contributed by atoms with Gasteiger partial charge in [-0.3, -0.25) is 10.1 Å². The van der Waals surface area contributed by atoms with Gasteiger partial charge in [-0.15, -0.1) is 0 Å². The minimum atomic E-state index is -0.520. The Morgan fingerprint density at radius 2 is 2.16 bits per heavy atom. The van der Waals surface area contributed by atoms with E-state index in [1.54, 1.807) is 26.0 Å². The topological polar surface area (TPSA) is 82.3 Å². The van der Waals surface area contributed by atoms with Crippen LogP contribution in [0.4, 0.5) is 5.69 Å². The van der Waals surface area contributed by atoms with Gasteiger partial charge in [-0.05, 0) is 31.5 Å². The number of non-ortho nitro benzene ring substituents is 1. The van der Waals surface area contributed by atoms with Crippen LogP contribution in [-0.4, -0.2) is 22.5 Å². The Morgan fingerprint density at radius 1 is 1.42 bits per heavy atom. The first kappa shape index (κ1) is 12.9. The number of carbonyl (C=O) groups is 1. The number of hydrogen-bond donors (Lipinski definition) is 0. The van der Waals surface area contributed by atoms with Crippen LogP contribution in [0.15, 0.2) is 24.3 Å². The van der Waals surface area contributed by atoms with Gasteiger partial charge in [-0.1, -0.05) is 0 Å². The molecule has 0 aliphatic carbocycles. The molecule has 0 amide bonds. The first-order chi connectivity index (χ1) is 9.02. The third-order valence-corrected chi connectivity index (χ3v) is 2.67. The monoisotopic (exact) mass is 260 g/mol. The summed E-state index contributed by atoms with van der Waals surface area (Å²) in [6.07, 6.45) is 0. The summed E-state index contributed by atoms with van der Waals surface area (Å²) < 4.78 is 4.90. The van der Waals surface area contributed by atoms with Crippen molar-refractivity contribution in [1.82, 2.24) is 4.98 Å². The highest BCUT2D eigenvalue weighted by atomic mass is 16.6. The minimum Gasteiger partial charge on any atom is -0.461 e.